The maximum absolute atomic E-state index is 12.5. The van der Waals surface area contributed by atoms with Crippen molar-refractivity contribution >= 4 is 6.03 Å². The highest BCUT2D eigenvalue weighted by Gasteiger charge is 2.26. The molecule has 2 heterocycles. The molecule has 5 heteroatoms. The topological polar surface area (TPSA) is 36.0 Å². The molecule has 0 unspecified atom stereocenters. The summed E-state index contributed by atoms with van der Waals surface area (Å²) in [7, 11) is 2.08. The van der Waals surface area contributed by atoms with E-state index < -0.39 is 0 Å². The SMILES string of the molecule is CN1CCN(C(=O)N2CCc3ccccc3CO2)CC1. The lowest BCUT2D eigenvalue weighted by Gasteiger charge is -2.35. The highest BCUT2D eigenvalue weighted by molar-refractivity contribution is 5.73. The van der Waals surface area contributed by atoms with Crippen LogP contribution < -0.4 is 0 Å². The van der Waals surface area contributed by atoms with Crippen molar-refractivity contribution in [1.29, 1.82) is 0 Å². The van der Waals surface area contributed by atoms with Crippen molar-refractivity contribution in [2.75, 3.05) is 39.8 Å². The fourth-order valence-electron chi connectivity index (χ4n) is 2.68. The third-order valence-corrected chi connectivity index (χ3v) is 4.07. The molecule has 0 radical (unpaired) electrons. The second-order valence-electron chi connectivity index (χ2n) is 5.47. The number of hydrogen-bond donors (Lipinski definition) is 0. The summed E-state index contributed by atoms with van der Waals surface area (Å²) in [5.74, 6) is 0. The molecule has 0 N–H and O–H groups in total. The van der Waals surface area contributed by atoms with Crippen molar-refractivity contribution in [2.24, 2.45) is 0 Å². The molecule has 0 atom stereocenters. The Morgan fingerprint density at radius 1 is 1.05 bits per heavy atom. The molecule has 0 spiro atoms. The minimum Gasteiger partial charge on any atom is -0.320 e. The van der Waals surface area contributed by atoms with Crippen LogP contribution in [0.3, 0.4) is 0 Å². The summed E-state index contributed by atoms with van der Waals surface area (Å²) in [5.41, 5.74) is 2.46. The second-order valence-corrected chi connectivity index (χ2v) is 5.47. The van der Waals surface area contributed by atoms with Gasteiger partial charge in [0.1, 0.15) is 6.61 Å². The van der Waals surface area contributed by atoms with Crippen molar-refractivity contribution in [3.05, 3.63) is 35.4 Å². The lowest BCUT2D eigenvalue weighted by molar-refractivity contribution is -0.132. The Morgan fingerprint density at radius 3 is 2.50 bits per heavy atom. The van der Waals surface area contributed by atoms with Crippen LogP contribution >= 0.6 is 0 Å². The van der Waals surface area contributed by atoms with Gasteiger partial charge in [0.15, 0.2) is 0 Å². The predicted octanol–water partition coefficient (Wildman–Crippen LogP) is 1.34. The first-order chi connectivity index (χ1) is 9.74. The van der Waals surface area contributed by atoms with E-state index in [4.69, 9.17) is 4.84 Å². The van der Waals surface area contributed by atoms with Gasteiger partial charge in [-0.25, -0.2) is 9.86 Å². The van der Waals surface area contributed by atoms with E-state index in [1.807, 2.05) is 17.0 Å². The lowest BCUT2D eigenvalue weighted by Crippen LogP contribution is -2.51. The fraction of sp³-hybridized carbons (Fsp3) is 0.533. The lowest BCUT2D eigenvalue weighted by atomic mass is 10.1. The van der Waals surface area contributed by atoms with Gasteiger partial charge in [0.05, 0.1) is 6.54 Å². The molecular formula is C15H21N3O2. The first-order valence-electron chi connectivity index (χ1n) is 7.19. The highest BCUT2D eigenvalue weighted by Crippen LogP contribution is 2.17. The van der Waals surface area contributed by atoms with Crippen molar-refractivity contribution in [2.45, 2.75) is 13.0 Å². The summed E-state index contributed by atoms with van der Waals surface area (Å²) in [6.45, 7) is 4.53. The van der Waals surface area contributed by atoms with Crippen LogP contribution in [0.2, 0.25) is 0 Å². The van der Waals surface area contributed by atoms with Crippen LogP contribution in [0.25, 0.3) is 0 Å². The number of carbonyl (C=O) groups is 1. The van der Waals surface area contributed by atoms with E-state index in [0.29, 0.717) is 13.2 Å². The monoisotopic (exact) mass is 275 g/mol. The molecule has 108 valence electrons. The van der Waals surface area contributed by atoms with Crippen LogP contribution in [0, 0.1) is 0 Å². The molecule has 1 aromatic rings. The van der Waals surface area contributed by atoms with Gasteiger partial charge in [-0.1, -0.05) is 24.3 Å². The summed E-state index contributed by atoms with van der Waals surface area (Å²) < 4.78 is 0. The zero-order valence-corrected chi connectivity index (χ0v) is 11.9. The normalized spacial score (nSPS) is 20.4. The van der Waals surface area contributed by atoms with Crippen molar-refractivity contribution < 1.29 is 9.63 Å². The number of carbonyl (C=O) groups excluding carboxylic acids is 1. The zero-order valence-electron chi connectivity index (χ0n) is 11.9. The van der Waals surface area contributed by atoms with E-state index in [2.05, 4.69) is 24.1 Å². The molecule has 20 heavy (non-hydrogen) atoms. The second kappa shape index (κ2) is 5.81. The van der Waals surface area contributed by atoms with E-state index in [1.54, 1.807) is 0 Å². The van der Waals surface area contributed by atoms with Crippen molar-refractivity contribution in [3.63, 3.8) is 0 Å². The summed E-state index contributed by atoms with van der Waals surface area (Å²) in [4.78, 5) is 22.3. The average molecular weight is 275 g/mol. The first kappa shape index (κ1) is 13.4. The number of hydrogen-bond acceptors (Lipinski definition) is 3. The van der Waals surface area contributed by atoms with E-state index in [1.165, 1.54) is 16.2 Å². The number of hydroxylamine groups is 2. The Balaban J connectivity index is 1.63. The number of likely N-dealkylation sites (N-methyl/N-ethyl adjacent to an activating group) is 1. The van der Waals surface area contributed by atoms with Gasteiger partial charge in [0.2, 0.25) is 0 Å². The molecule has 1 aromatic carbocycles. The Kier molecular flexibility index (Phi) is 3.89. The smallest absolute Gasteiger partial charge is 0.320 e. The molecule has 2 aliphatic rings. The number of piperazine rings is 1. The Hall–Kier alpha value is -1.59. The summed E-state index contributed by atoms with van der Waals surface area (Å²) in [5, 5.41) is 1.53. The van der Waals surface area contributed by atoms with Crippen LogP contribution in [-0.2, 0) is 17.9 Å². The quantitative estimate of drug-likeness (QED) is 0.717. The molecular weight excluding hydrogens is 254 g/mol. The summed E-state index contributed by atoms with van der Waals surface area (Å²) in [6, 6.07) is 8.24. The summed E-state index contributed by atoms with van der Waals surface area (Å²) in [6.07, 6.45) is 0.857. The number of urea groups is 1. The third kappa shape index (κ3) is 2.78. The van der Waals surface area contributed by atoms with Crippen LogP contribution in [-0.4, -0.2) is 60.7 Å². The van der Waals surface area contributed by atoms with E-state index in [0.717, 1.165) is 32.6 Å². The molecule has 0 bridgehead atoms. The van der Waals surface area contributed by atoms with E-state index >= 15 is 0 Å². The van der Waals surface area contributed by atoms with Gasteiger partial charge < -0.3 is 9.80 Å². The largest absolute Gasteiger partial charge is 0.344 e. The van der Waals surface area contributed by atoms with Gasteiger partial charge >= 0.3 is 6.03 Å². The molecule has 1 saturated heterocycles. The zero-order chi connectivity index (χ0) is 13.9. The number of rotatable bonds is 0. The molecule has 0 aliphatic carbocycles. The third-order valence-electron chi connectivity index (χ3n) is 4.07. The number of benzene rings is 1. The van der Waals surface area contributed by atoms with Gasteiger partial charge in [-0.15, -0.1) is 0 Å². The molecule has 0 aromatic heterocycles. The molecule has 3 rings (SSSR count). The maximum Gasteiger partial charge on any atom is 0.344 e. The molecule has 2 aliphatic heterocycles. The molecule has 0 saturated carbocycles. The number of amides is 2. The van der Waals surface area contributed by atoms with Gasteiger partial charge in [0.25, 0.3) is 0 Å². The number of fused-ring (bicyclic) bond motifs is 1. The van der Waals surface area contributed by atoms with Gasteiger partial charge in [-0.05, 0) is 24.6 Å². The predicted molar refractivity (Wildman–Crippen MR) is 76.1 cm³/mol. The first-order valence-corrected chi connectivity index (χ1v) is 7.19. The number of nitrogens with zero attached hydrogens (tertiary/aromatic N) is 3. The van der Waals surface area contributed by atoms with Crippen molar-refractivity contribution in [1.82, 2.24) is 14.9 Å². The Bertz CT molecular complexity index is 457. The van der Waals surface area contributed by atoms with E-state index in [9.17, 15) is 4.79 Å². The molecule has 5 nitrogen and oxygen atoms in total. The van der Waals surface area contributed by atoms with Gasteiger partial charge in [0, 0.05) is 26.2 Å². The highest BCUT2D eigenvalue weighted by atomic mass is 16.7. The van der Waals surface area contributed by atoms with Gasteiger partial charge in [-0.3, -0.25) is 4.84 Å². The molecule has 2 amide bonds. The van der Waals surface area contributed by atoms with Crippen LogP contribution in [0.5, 0.6) is 0 Å². The Morgan fingerprint density at radius 2 is 1.75 bits per heavy atom. The maximum atomic E-state index is 12.5. The standard InChI is InChI=1S/C15H21N3O2/c1-16-8-10-17(11-9-16)15(19)18-7-6-13-4-2-3-5-14(13)12-20-18/h2-5H,6-12H2,1H3. The minimum absolute atomic E-state index is 0.00547. The van der Waals surface area contributed by atoms with Crippen LogP contribution in [0.1, 0.15) is 11.1 Å². The van der Waals surface area contributed by atoms with Crippen molar-refractivity contribution in [3.8, 4) is 0 Å². The Labute approximate surface area is 119 Å². The fourth-order valence-corrected chi connectivity index (χ4v) is 2.68. The average Bonchev–Trinajstić information content (AvgIpc) is 2.70. The van der Waals surface area contributed by atoms with Crippen LogP contribution in [0.4, 0.5) is 4.79 Å². The molecule has 1 fully saturated rings. The summed E-state index contributed by atoms with van der Waals surface area (Å²) >= 11 is 0. The van der Waals surface area contributed by atoms with Crippen LogP contribution in [0.15, 0.2) is 24.3 Å². The van der Waals surface area contributed by atoms with Gasteiger partial charge in [-0.2, -0.15) is 0 Å². The van der Waals surface area contributed by atoms with E-state index in [-0.39, 0.29) is 6.03 Å². The minimum atomic E-state index is 0.00547.